The molecule has 0 saturated carbocycles. The molecular formula is C13H16N4O3S. The van der Waals surface area contributed by atoms with Crippen LogP contribution in [0.4, 0.5) is 5.69 Å². The van der Waals surface area contributed by atoms with E-state index in [9.17, 15) is 10.1 Å². The molecule has 0 aliphatic heterocycles. The average molecular weight is 308 g/mol. The van der Waals surface area contributed by atoms with E-state index < -0.39 is 4.92 Å². The lowest BCUT2D eigenvalue weighted by Gasteiger charge is -2.04. The number of methoxy groups -OCH3 is 1. The standard InChI is InChI=1S/C13H16N4O3S/c1-8(2)14-7-12-15-16-13(21-12)9-4-5-10(17(18)19)11(6-9)20-3/h4-6,8,14H,7H2,1-3H3. The van der Waals surface area contributed by atoms with Gasteiger partial charge in [-0.25, -0.2) is 0 Å². The molecule has 0 unspecified atom stereocenters. The van der Waals surface area contributed by atoms with Crippen molar-refractivity contribution in [3.8, 4) is 16.3 Å². The molecule has 0 fully saturated rings. The number of nitrogens with one attached hydrogen (secondary N) is 1. The van der Waals surface area contributed by atoms with Crippen molar-refractivity contribution < 1.29 is 9.66 Å². The number of nitro groups is 1. The van der Waals surface area contributed by atoms with E-state index in [1.54, 1.807) is 12.1 Å². The number of nitrogens with zero attached hydrogens (tertiary/aromatic N) is 3. The molecule has 112 valence electrons. The highest BCUT2D eigenvalue weighted by atomic mass is 32.1. The fourth-order valence-electron chi connectivity index (χ4n) is 1.69. The Morgan fingerprint density at radius 1 is 1.43 bits per heavy atom. The van der Waals surface area contributed by atoms with Crippen molar-refractivity contribution in [2.75, 3.05) is 7.11 Å². The number of ether oxygens (including phenoxy) is 1. The minimum Gasteiger partial charge on any atom is -0.490 e. The Kier molecular flexibility index (Phi) is 4.81. The molecule has 0 aliphatic carbocycles. The van der Waals surface area contributed by atoms with Crippen LogP contribution in [0.15, 0.2) is 18.2 Å². The molecule has 0 spiro atoms. The van der Waals surface area contributed by atoms with Gasteiger partial charge in [0.05, 0.1) is 12.0 Å². The predicted molar refractivity (Wildman–Crippen MR) is 80.5 cm³/mol. The Balaban J connectivity index is 2.24. The average Bonchev–Trinajstić information content (AvgIpc) is 2.93. The van der Waals surface area contributed by atoms with Gasteiger partial charge in [0.2, 0.25) is 0 Å². The first-order chi connectivity index (χ1) is 10.0. The van der Waals surface area contributed by atoms with Gasteiger partial charge in [-0.3, -0.25) is 10.1 Å². The van der Waals surface area contributed by atoms with E-state index in [4.69, 9.17) is 4.74 Å². The monoisotopic (exact) mass is 308 g/mol. The van der Waals surface area contributed by atoms with Crippen LogP contribution in [-0.4, -0.2) is 28.3 Å². The zero-order chi connectivity index (χ0) is 15.4. The van der Waals surface area contributed by atoms with E-state index in [0.717, 1.165) is 10.6 Å². The van der Waals surface area contributed by atoms with Gasteiger partial charge in [-0.15, -0.1) is 10.2 Å². The molecule has 0 bridgehead atoms. The van der Waals surface area contributed by atoms with Gasteiger partial charge in [-0.05, 0) is 12.1 Å². The van der Waals surface area contributed by atoms with Crippen LogP contribution in [0.3, 0.4) is 0 Å². The molecule has 1 aromatic carbocycles. The maximum absolute atomic E-state index is 10.9. The third kappa shape index (κ3) is 3.73. The van der Waals surface area contributed by atoms with E-state index >= 15 is 0 Å². The maximum atomic E-state index is 10.9. The van der Waals surface area contributed by atoms with E-state index in [1.165, 1.54) is 24.5 Å². The second-order valence-electron chi connectivity index (χ2n) is 4.68. The zero-order valence-electron chi connectivity index (χ0n) is 12.0. The summed E-state index contributed by atoms with van der Waals surface area (Å²) < 4.78 is 5.06. The SMILES string of the molecule is COc1cc(-c2nnc(CNC(C)C)s2)ccc1[N+](=O)[O-]. The molecule has 2 aromatic rings. The molecule has 0 aliphatic rings. The Bertz CT molecular complexity index is 642. The lowest BCUT2D eigenvalue weighted by atomic mass is 10.2. The normalized spacial score (nSPS) is 10.9. The topological polar surface area (TPSA) is 90.2 Å². The van der Waals surface area contributed by atoms with Crippen LogP contribution in [-0.2, 0) is 6.54 Å². The van der Waals surface area contributed by atoms with E-state index in [-0.39, 0.29) is 11.4 Å². The van der Waals surface area contributed by atoms with Gasteiger partial charge < -0.3 is 10.1 Å². The summed E-state index contributed by atoms with van der Waals surface area (Å²) in [4.78, 5) is 10.4. The van der Waals surface area contributed by atoms with Crippen molar-refractivity contribution in [1.82, 2.24) is 15.5 Å². The number of hydrogen-bond acceptors (Lipinski definition) is 7. The van der Waals surface area contributed by atoms with Crippen LogP contribution in [0.1, 0.15) is 18.9 Å². The fourth-order valence-corrected chi connectivity index (χ4v) is 2.48. The first-order valence-corrected chi connectivity index (χ1v) is 7.21. The summed E-state index contributed by atoms with van der Waals surface area (Å²) in [5.41, 5.74) is 0.693. The Labute approximate surface area is 126 Å². The lowest BCUT2D eigenvalue weighted by molar-refractivity contribution is -0.385. The van der Waals surface area contributed by atoms with E-state index in [0.29, 0.717) is 17.6 Å². The first-order valence-electron chi connectivity index (χ1n) is 6.40. The summed E-state index contributed by atoms with van der Waals surface area (Å²) in [5, 5.41) is 23.9. The molecule has 1 aromatic heterocycles. The lowest BCUT2D eigenvalue weighted by Crippen LogP contribution is -2.21. The highest BCUT2D eigenvalue weighted by Crippen LogP contribution is 2.33. The molecule has 21 heavy (non-hydrogen) atoms. The third-order valence-electron chi connectivity index (χ3n) is 2.75. The molecule has 0 radical (unpaired) electrons. The van der Waals surface area contributed by atoms with Gasteiger partial charge in [-0.1, -0.05) is 25.2 Å². The minimum absolute atomic E-state index is 0.0625. The number of aromatic nitrogens is 2. The summed E-state index contributed by atoms with van der Waals surface area (Å²) in [5.74, 6) is 0.217. The summed E-state index contributed by atoms with van der Waals surface area (Å²) >= 11 is 1.45. The van der Waals surface area contributed by atoms with Gasteiger partial charge in [0.1, 0.15) is 10.0 Å². The third-order valence-corrected chi connectivity index (χ3v) is 3.72. The van der Waals surface area contributed by atoms with Crippen molar-refractivity contribution in [1.29, 1.82) is 0 Å². The van der Waals surface area contributed by atoms with Crippen LogP contribution in [0.25, 0.3) is 10.6 Å². The maximum Gasteiger partial charge on any atom is 0.310 e. The fraction of sp³-hybridized carbons (Fsp3) is 0.385. The zero-order valence-corrected chi connectivity index (χ0v) is 12.8. The first kappa shape index (κ1) is 15.3. The molecule has 0 atom stereocenters. The van der Waals surface area contributed by atoms with Gasteiger partial charge in [0.15, 0.2) is 5.75 Å². The van der Waals surface area contributed by atoms with Crippen LogP contribution in [0.2, 0.25) is 0 Å². The summed E-state index contributed by atoms with van der Waals surface area (Å²) in [6.45, 7) is 4.77. The molecular weight excluding hydrogens is 292 g/mol. The Morgan fingerprint density at radius 2 is 2.19 bits per heavy atom. The van der Waals surface area contributed by atoms with Crippen LogP contribution in [0, 0.1) is 10.1 Å². The second-order valence-corrected chi connectivity index (χ2v) is 5.74. The quantitative estimate of drug-likeness (QED) is 0.651. The smallest absolute Gasteiger partial charge is 0.310 e. The molecule has 0 amide bonds. The van der Waals surface area contributed by atoms with Crippen LogP contribution >= 0.6 is 11.3 Å². The molecule has 2 rings (SSSR count). The van der Waals surface area contributed by atoms with Gasteiger partial charge in [0, 0.05) is 24.2 Å². The van der Waals surface area contributed by atoms with Crippen molar-refractivity contribution in [3.63, 3.8) is 0 Å². The summed E-state index contributed by atoms with van der Waals surface area (Å²) in [6, 6.07) is 5.05. The molecule has 8 heteroatoms. The van der Waals surface area contributed by atoms with Crippen molar-refractivity contribution in [2.24, 2.45) is 0 Å². The highest BCUT2D eigenvalue weighted by Gasteiger charge is 2.17. The summed E-state index contributed by atoms with van der Waals surface area (Å²) in [7, 11) is 1.41. The Morgan fingerprint density at radius 3 is 2.81 bits per heavy atom. The molecule has 1 N–H and O–H groups in total. The van der Waals surface area contributed by atoms with Crippen molar-refractivity contribution in [3.05, 3.63) is 33.3 Å². The van der Waals surface area contributed by atoms with Crippen molar-refractivity contribution >= 4 is 17.0 Å². The second kappa shape index (κ2) is 6.59. The van der Waals surface area contributed by atoms with E-state index in [1.807, 2.05) is 0 Å². The number of hydrogen-bond donors (Lipinski definition) is 1. The highest BCUT2D eigenvalue weighted by molar-refractivity contribution is 7.14. The van der Waals surface area contributed by atoms with Gasteiger partial charge >= 0.3 is 5.69 Å². The Hall–Kier alpha value is -2.06. The molecule has 0 saturated heterocycles. The van der Waals surface area contributed by atoms with Gasteiger partial charge in [0.25, 0.3) is 0 Å². The van der Waals surface area contributed by atoms with Gasteiger partial charge in [-0.2, -0.15) is 0 Å². The molecule has 1 heterocycles. The van der Waals surface area contributed by atoms with Crippen molar-refractivity contribution in [2.45, 2.75) is 26.4 Å². The largest absolute Gasteiger partial charge is 0.490 e. The number of rotatable bonds is 6. The van der Waals surface area contributed by atoms with Crippen LogP contribution in [0.5, 0.6) is 5.75 Å². The predicted octanol–water partition coefficient (Wildman–Crippen LogP) is 2.62. The minimum atomic E-state index is -0.472. The summed E-state index contributed by atoms with van der Waals surface area (Å²) in [6.07, 6.45) is 0. The van der Waals surface area contributed by atoms with E-state index in [2.05, 4.69) is 29.4 Å². The molecule has 7 nitrogen and oxygen atoms in total. The number of nitro benzene ring substituents is 1. The van der Waals surface area contributed by atoms with Crippen LogP contribution < -0.4 is 10.1 Å². The number of benzene rings is 1.